The zero-order chi connectivity index (χ0) is 24.3. The number of aryl methyl sites for hydroxylation is 1. The predicted octanol–water partition coefficient (Wildman–Crippen LogP) is 8.15. The highest BCUT2D eigenvalue weighted by atomic mass is 16.5. The van der Waals surface area contributed by atoms with Crippen LogP contribution in [0.5, 0.6) is 5.75 Å². The van der Waals surface area contributed by atoms with Crippen LogP contribution in [0, 0.1) is 12.8 Å². The highest BCUT2D eigenvalue weighted by Crippen LogP contribution is 2.49. The molecule has 4 aromatic rings. The summed E-state index contributed by atoms with van der Waals surface area (Å²) < 4.78 is 6.11. The van der Waals surface area contributed by atoms with Crippen LogP contribution >= 0.6 is 0 Å². The molecule has 2 aliphatic rings. The topological polar surface area (TPSA) is 33.6 Å². The van der Waals surface area contributed by atoms with Gasteiger partial charge in [-0.2, -0.15) is 0 Å². The van der Waals surface area contributed by atoms with Crippen molar-refractivity contribution in [2.75, 3.05) is 5.32 Å². The SMILES string of the molecule is Cc1ccc(COc2ccccc2C=Nc2ccc([C@@H]3Nc4ccccc4[C@@H]4C=CC[C@@H]43)cc2)cc1. The summed E-state index contributed by atoms with van der Waals surface area (Å²) in [7, 11) is 0. The van der Waals surface area contributed by atoms with Gasteiger partial charge in [-0.15, -0.1) is 0 Å². The number of hydrogen-bond donors (Lipinski definition) is 1. The quantitative estimate of drug-likeness (QED) is 0.228. The molecular weight excluding hydrogens is 440 g/mol. The summed E-state index contributed by atoms with van der Waals surface area (Å²) in [6.45, 7) is 2.63. The average Bonchev–Trinajstić information content (AvgIpc) is 3.42. The van der Waals surface area contributed by atoms with Crippen molar-refractivity contribution in [1.82, 2.24) is 0 Å². The predicted molar refractivity (Wildman–Crippen MR) is 148 cm³/mol. The summed E-state index contributed by atoms with van der Waals surface area (Å²) in [6, 6.07) is 34.2. The normalized spacial score (nSPS) is 20.1. The molecule has 0 bridgehead atoms. The summed E-state index contributed by atoms with van der Waals surface area (Å²) in [5, 5.41) is 3.81. The molecule has 0 spiro atoms. The molecule has 3 atom stereocenters. The molecule has 0 amide bonds. The third-order valence-electron chi connectivity index (χ3n) is 7.31. The van der Waals surface area contributed by atoms with Gasteiger partial charge in [0.25, 0.3) is 0 Å². The Kier molecular flexibility index (Phi) is 6.13. The van der Waals surface area contributed by atoms with Crippen LogP contribution < -0.4 is 10.1 Å². The number of fused-ring (bicyclic) bond motifs is 3. The molecule has 1 N–H and O–H groups in total. The number of hydrogen-bond acceptors (Lipinski definition) is 3. The van der Waals surface area contributed by atoms with Crippen LogP contribution in [0.4, 0.5) is 11.4 Å². The second kappa shape index (κ2) is 9.87. The maximum absolute atomic E-state index is 6.11. The van der Waals surface area contributed by atoms with Crippen molar-refractivity contribution in [2.24, 2.45) is 10.9 Å². The Bertz CT molecular complexity index is 1400. The first kappa shape index (κ1) is 22.4. The van der Waals surface area contributed by atoms with Gasteiger partial charge in [-0.25, -0.2) is 0 Å². The van der Waals surface area contributed by atoms with Crippen LogP contribution in [0.2, 0.25) is 0 Å². The van der Waals surface area contributed by atoms with E-state index in [2.05, 4.69) is 97.2 Å². The Morgan fingerprint density at radius 3 is 2.53 bits per heavy atom. The molecule has 178 valence electrons. The number of anilines is 1. The fourth-order valence-electron chi connectivity index (χ4n) is 5.35. The van der Waals surface area contributed by atoms with Gasteiger partial charge in [-0.3, -0.25) is 4.99 Å². The van der Waals surface area contributed by atoms with Gasteiger partial charge in [0.2, 0.25) is 0 Å². The first-order chi connectivity index (χ1) is 17.7. The highest BCUT2D eigenvalue weighted by molar-refractivity contribution is 5.85. The maximum atomic E-state index is 6.11. The highest BCUT2D eigenvalue weighted by Gasteiger charge is 2.37. The zero-order valence-corrected chi connectivity index (χ0v) is 20.5. The van der Waals surface area contributed by atoms with E-state index < -0.39 is 0 Å². The molecule has 3 heteroatoms. The number of ether oxygens (including phenoxy) is 1. The monoisotopic (exact) mass is 470 g/mol. The first-order valence-electron chi connectivity index (χ1n) is 12.7. The number of benzene rings is 4. The standard InChI is InChI=1S/C33H30N2O/c1-23-13-15-24(16-14-23)22-36-32-12-5-2-7-26(32)21-34-27-19-17-25(18-20-27)33-30-10-6-9-28(30)29-8-3-4-11-31(29)35-33/h2-9,11-21,28,30,33,35H,10,22H2,1H3/t28-,30-,33-/m0/s1. The molecule has 0 aromatic heterocycles. The average molecular weight is 471 g/mol. The van der Waals surface area contributed by atoms with Crippen LogP contribution in [0.25, 0.3) is 0 Å². The van der Waals surface area contributed by atoms with Gasteiger partial charge < -0.3 is 10.1 Å². The Balaban J connectivity index is 1.17. The van der Waals surface area contributed by atoms with Crippen molar-refractivity contribution in [3.05, 3.63) is 137 Å². The van der Waals surface area contributed by atoms with E-state index in [1.54, 1.807) is 0 Å². The third-order valence-corrected chi connectivity index (χ3v) is 7.31. The lowest BCUT2D eigenvalue weighted by molar-refractivity contribution is 0.306. The minimum atomic E-state index is 0.300. The summed E-state index contributed by atoms with van der Waals surface area (Å²) >= 11 is 0. The van der Waals surface area contributed by atoms with Gasteiger partial charge in [0.05, 0.1) is 11.7 Å². The summed E-state index contributed by atoms with van der Waals surface area (Å²) in [6.07, 6.45) is 7.72. The van der Waals surface area contributed by atoms with Gasteiger partial charge in [0.1, 0.15) is 12.4 Å². The summed E-state index contributed by atoms with van der Waals surface area (Å²) in [4.78, 5) is 4.75. The lowest BCUT2D eigenvalue weighted by Crippen LogP contribution is -2.28. The molecule has 0 saturated carbocycles. The molecule has 1 aliphatic heterocycles. The molecule has 0 fully saturated rings. The Labute approximate surface area is 213 Å². The number of allylic oxidation sites excluding steroid dienone is 2. The molecule has 3 nitrogen and oxygen atoms in total. The second-order valence-electron chi connectivity index (χ2n) is 9.72. The van der Waals surface area contributed by atoms with Crippen LogP contribution in [0.3, 0.4) is 0 Å². The van der Waals surface area contributed by atoms with Gasteiger partial charge in [0, 0.05) is 23.4 Å². The molecule has 1 aliphatic carbocycles. The molecule has 0 saturated heterocycles. The number of nitrogens with one attached hydrogen (secondary N) is 1. The van der Waals surface area contributed by atoms with Crippen LogP contribution in [0.1, 0.15) is 46.2 Å². The second-order valence-corrected chi connectivity index (χ2v) is 9.72. The molecule has 4 aromatic carbocycles. The number of para-hydroxylation sites is 2. The Morgan fingerprint density at radius 2 is 1.67 bits per heavy atom. The van der Waals surface area contributed by atoms with Crippen LogP contribution in [-0.2, 0) is 6.61 Å². The van der Waals surface area contributed by atoms with E-state index in [4.69, 9.17) is 9.73 Å². The summed E-state index contributed by atoms with van der Waals surface area (Å²) in [5.74, 6) is 1.87. The van der Waals surface area contributed by atoms with E-state index in [1.165, 1.54) is 22.4 Å². The van der Waals surface area contributed by atoms with Crippen molar-refractivity contribution >= 4 is 17.6 Å². The molecule has 36 heavy (non-hydrogen) atoms. The maximum Gasteiger partial charge on any atom is 0.128 e. The Hall–Kier alpha value is -4.11. The molecule has 0 unspecified atom stereocenters. The largest absolute Gasteiger partial charge is 0.488 e. The van der Waals surface area contributed by atoms with E-state index in [0.29, 0.717) is 24.5 Å². The van der Waals surface area contributed by atoms with E-state index in [0.717, 1.165) is 29.0 Å². The Morgan fingerprint density at radius 1 is 0.889 bits per heavy atom. The van der Waals surface area contributed by atoms with Crippen LogP contribution in [0.15, 0.2) is 114 Å². The van der Waals surface area contributed by atoms with Crippen molar-refractivity contribution in [1.29, 1.82) is 0 Å². The fraction of sp³-hybridized carbons (Fsp3) is 0.182. The fourth-order valence-corrected chi connectivity index (χ4v) is 5.35. The van der Waals surface area contributed by atoms with Crippen LogP contribution in [-0.4, -0.2) is 6.21 Å². The van der Waals surface area contributed by atoms with Crippen molar-refractivity contribution in [3.63, 3.8) is 0 Å². The molecule has 0 radical (unpaired) electrons. The minimum Gasteiger partial charge on any atom is -0.488 e. The van der Waals surface area contributed by atoms with Crippen molar-refractivity contribution in [3.8, 4) is 5.75 Å². The zero-order valence-electron chi connectivity index (χ0n) is 20.5. The minimum absolute atomic E-state index is 0.300. The smallest absolute Gasteiger partial charge is 0.128 e. The van der Waals surface area contributed by atoms with Gasteiger partial charge in [0.15, 0.2) is 0 Å². The van der Waals surface area contributed by atoms with Gasteiger partial charge in [-0.1, -0.05) is 84.4 Å². The third kappa shape index (κ3) is 4.57. The van der Waals surface area contributed by atoms with E-state index in [9.17, 15) is 0 Å². The molecule has 6 rings (SSSR count). The van der Waals surface area contributed by atoms with E-state index >= 15 is 0 Å². The number of aliphatic imine (C=N–C) groups is 1. The molecule has 1 heterocycles. The molecular formula is C33H30N2O. The number of nitrogens with zero attached hydrogens (tertiary/aromatic N) is 1. The summed E-state index contributed by atoms with van der Waals surface area (Å²) in [5.41, 5.74) is 8.28. The lowest BCUT2D eigenvalue weighted by Gasteiger charge is -2.37. The van der Waals surface area contributed by atoms with Gasteiger partial charge >= 0.3 is 0 Å². The van der Waals surface area contributed by atoms with Crippen molar-refractivity contribution in [2.45, 2.75) is 31.9 Å². The van der Waals surface area contributed by atoms with Gasteiger partial charge in [-0.05, 0) is 66.3 Å². The number of rotatable bonds is 6. The first-order valence-corrected chi connectivity index (χ1v) is 12.7. The van der Waals surface area contributed by atoms with E-state index in [1.807, 2.05) is 30.5 Å². The van der Waals surface area contributed by atoms with Crippen molar-refractivity contribution < 1.29 is 4.74 Å². The van der Waals surface area contributed by atoms with E-state index in [-0.39, 0.29) is 0 Å². The lowest BCUT2D eigenvalue weighted by atomic mass is 9.77.